The fraction of sp³-hybridized carbons (Fsp3) is 0.263. The molecule has 3 nitrogen and oxygen atoms in total. The van der Waals surface area contributed by atoms with E-state index in [1.807, 2.05) is 18.2 Å². The van der Waals surface area contributed by atoms with Gasteiger partial charge >= 0.3 is 0 Å². The normalized spacial score (nSPS) is 16.8. The summed E-state index contributed by atoms with van der Waals surface area (Å²) in [6, 6.07) is 16.7. The predicted molar refractivity (Wildman–Crippen MR) is 101 cm³/mol. The Hall–Kier alpha value is -1.85. The van der Waals surface area contributed by atoms with E-state index in [-0.39, 0.29) is 11.9 Å². The maximum atomic E-state index is 12.4. The number of benzene rings is 2. The van der Waals surface area contributed by atoms with Crippen LogP contribution in [0.15, 0.2) is 52.9 Å². The van der Waals surface area contributed by atoms with Crippen LogP contribution in [0.1, 0.15) is 30.0 Å². The molecule has 4 rings (SSSR count). The highest BCUT2D eigenvalue weighted by Gasteiger charge is 2.21. The van der Waals surface area contributed by atoms with Gasteiger partial charge < -0.3 is 5.32 Å². The second-order valence-electron chi connectivity index (χ2n) is 5.95. The lowest BCUT2D eigenvalue weighted by molar-refractivity contribution is -0.119. The third-order valence-electron chi connectivity index (χ3n) is 4.31. The highest BCUT2D eigenvalue weighted by atomic mass is 32.2. The molecule has 0 saturated heterocycles. The van der Waals surface area contributed by atoms with Crippen molar-refractivity contribution in [2.45, 2.75) is 29.6 Å². The second kappa shape index (κ2) is 6.95. The SMILES string of the molecule is O=C(CSc1nc2ccccc2s1)N[C@H]1CCCc2ccccc21. The van der Waals surface area contributed by atoms with Crippen molar-refractivity contribution in [2.24, 2.45) is 0 Å². The van der Waals surface area contributed by atoms with Crippen molar-refractivity contribution >= 4 is 39.2 Å². The topological polar surface area (TPSA) is 42.0 Å². The lowest BCUT2D eigenvalue weighted by atomic mass is 9.88. The Bertz CT molecular complexity index is 841. The van der Waals surface area contributed by atoms with Crippen molar-refractivity contribution in [2.75, 3.05) is 5.75 Å². The fourth-order valence-corrected chi connectivity index (χ4v) is 5.06. The second-order valence-corrected chi connectivity index (χ2v) is 8.20. The minimum absolute atomic E-state index is 0.0842. The van der Waals surface area contributed by atoms with Gasteiger partial charge in [-0.05, 0) is 42.5 Å². The molecule has 0 aliphatic heterocycles. The first kappa shape index (κ1) is 15.7. The van der Waals surface area contributed by atoms with Crippen LogP contribution in [-0.2, 0) is 11.2 Å². The van der Waals surface area contributed by atoms with E-state index < -0.39 is 0 Å². The van der Waals surface area contributed by atoms with Crippen LogP contribution in [0.5, 0.6) is 0 Å². The molecule has 5 heteroatoms. The van der Waals surface area contributed by atoms with Crippen LogP contribution in [0.25, 0.3) is 10.2 Å². The van der Waals surface area contributed by atoms with Gasteiger partial charge in [-0.25, -0.2) is 4.98 Å². The van der Waals surface area contributed by atoms with Gasteiger partial charge in [0.05, 0.1) is 22.0 Å². The molecule has 0 unspecified atom stereocenters. The van der Waals surface area contributed by atoms with Gasteiger partial charge in [0.25, 0.3) is 0 Å². The van der Waals surface area contributed by atoms with Crippen LogP contribution >= 0.6 is 23.1 Å². The van der Waals surface area contributed by atoms with Crippen molar-refractivity contribution in [3.8, 4) is 0 Å². The largest absolute Gasteiger partial charge is 0.349 e. The van der Waals surface area contributed by atoms with E-state index in [4.69, 9.17) is 0 Å². The van der Waals surface area contributed by atoms with Gasteiger partial charge in [0.1, 0.15) is 0 Å². The van der Waals surface area contributed by atoms with E-state index >= 15 is 0 Å². The molecule has 1 N–H and O–H groups in total. The molecular weight excluding hydrogens is 336 g/mol. The van der Waals surface area contributed by atoms with Gasteiger partial charge in [-0.1, -0.05) is 48.2 Å². The molecular formula is C19H18N2OS2. The number of carbonyl (C=O) groups excluding carboxylic acids is 1. The number of fused-ring (bicyclic) bond motifs is 2. The molecule has 1 heterocycles. The van der Waals surface area contributed by atoms with E-state index in [1.165, 1.54) is 27.6 Å². The smallest absolute Gasteiger partial charge is 0.230 e. The molecule has 0 radical (unpaired) electrons. The molecule has 2 aromatic carbocycles. The van der Waals surface area contributed by atoms with Crippen LogP contribution in [0.2, 0.25) is 0 Å². The zero-order valence-corrected chi connectivity index (χ0v) is 14.8. The fourth-order valence-electron chi connectivity index (χ4n) is 3.18. The maximum Gasteiger partial charge on any atom is 0.230 e. The molecule has 1 aromatic heterocycles. The maximum absolute atomic E-state index is 12.4. The van der Waals surface area contributed by atoms with Crippen LogP contribution in [0, 0.1) is 0 Å². The Morgan fingerprint density at radius 2 is 2.04 bits per heavy atom. The highest BCUT2D eigenvalue weighted by molar-refractivity contribution is 8.01. The Labute approximate surface area is 149 Å². The van der Waals surface area contributed by atoms with Gasteiger partial charge in [0.2, 0.25) is 5.91 Å². The first-order valence-corrected chi connectivity index (χ1v) is 9.95. The number of para-hydroxylation sites is 1. The third-order valence-corrected chi connectivity index (χ3v) is 6.49. The molecule has 1 atom stereocenters. The lowest BCUT2D eigenvalue weighted by Crippen LogP contribution is -2.32. The number of thioether (sulfide) groups is 1. The summed E-state index contributed by atoms with van der Waals surface area (Å²) in [4.78, 5) is 16.9. The van der Waals surface area contributed by atoms with Crippen LogP contribution in [-0.4, -0.2) is 16.6 Å². The molecule has 3 aromatic rings. The van der Waals surface area contributed by atoms with Gasteiger partial charge in [-0.2, -0.15) is 0 Å². The van der Waals surface area contributed by atoms with Gasteiger partial charge in [0, 0.05) is 0 Å². The van der Waals surface area contributed by atoms with Crippen molar-refractivity contribution in [1.82, 2.24) is 10.3 Å². The van der Waals surface area contributed by atoms with Crippen LogP contribution < -0.4 is 5.32 Å². The van der Waals surface area contributed by atoms with Crippen molar-refractivity contribution in [3.63, 3.8) is 0 Å². The molecule has 0 bridgehead atoms. The Morgan fingerprint density at radius 1 is 1.21 bits per heavy atom. The summed E-state index contributed by atoms with van der Waals surface area (Å²) in [6.45, 7) is 0. The number of aryl methyl sites for hydroxylation is 1. The van der Waals surface area contributed by atoms with Gasteiger partial charge in [-0.3, -0.25) is 4.79 Å². The molecule has 0 spiro atoms. The van der Waals surface area contributed by atoms with E-state index in [9.17, 15) is 4.79 Å². The number of hydrogen-bond donors (Lipinski definition) is 1. The number of nitrogens with zero attached hydrogens (tertiary/aromatic N) is 1. The standard InChI is InChI=1S/C19H18N2OS2/c22-18(12-23-19-21-16-9-3-4-11-17(16)24-19)20-15-10-5-7-13-6-1-2-8-14(13)15/h1-4,6,8-9,11,15H,5,7,10,12H2,(H,20,22)/t15-/m0/s1. The van der Waals surface area contributed by atoms with Crippen molar-refractivity contribution in [3.05, 3.63) is 59.7 Å². The summed E-state index contributed by atoms with van der Waals surface area (Å²) in [5, 5.41) is 3.20. The summed E-state index contributed by atoms with van der Waals surface area (Å²) in [6.07, 6.45) is 3.27. The molecule has 0 saturated carbocycles. The number of nitrogens with one attached hydrogen (secondary N) is 1. The highest BCUT2D eigenvalue weighted by Crippen LogP contribution is 2.31. The molecule has 1 amide bonds. The number of thiazole rings is 1. The molecule has 24 heavy (non-hydrogen) atoms. The Kier molecular flexibility index (Phi) is 4.54. The lowest BCUT2D eigenvalue weighted by Gasteiger charge is -2.26. The van der Waals surface area contributed by atoms with Gasteiger partial charge in [0.15, 0.2) is 4.34 Å². The number of rotatable bonds is 4. The molecule has 1 aliphatic carbocycles. The van der Waals surface area contributed by atoms with Crippen LogP contribution in [0.3, 0.4) is 0 Å². The minimum atomic E-state index is 0.0842. The quantitative estimate of drug-likeness (QED) is 0.697. The summed E-state index contributed by atoms with van der Waals surface area (Å²) < 4.78 is 2.12. The van der Waals surface area contributed by atoms with Crippen molar-refractivity contribution in [1.29, 1.82) is 0 Å². The molecule has 122 valence electrons. The van der Waals surface area contributed by atoms with E-state index in [0.717, 1.165) is 29.1 Å². The van der Waals surface area contributed by atoms with Gasteiger partial charge in [-0.15, -0.1) is 11.3 Å². The zero-order chi connectivity index (χ0) is 16.4. The van der Waals surface area contributed by atoms with E-state index in [2.05, 4.69) is 40.6 Å². The average molecular weight is 355 g/mol. The van der Waals surface area contributed by atoms with Crippen molar-refractivity contribution < 1.29 is 4.79 Å². The predicted octanol–water partition coefficient (Wildman–Crippen LogP) is 4.58. The summed E-state index contributed by atoms with van der Waals surface area (Å²) in [5.41, 5.74) is 3.65. The zero-order valence-electron chi connectivity index (χ0n) is 13.2. The molecule has 1 aliphatic rings. The number of aromatic nitrogens is 1. The number of carbonyl (C=O) groups is 1. The summed E-state index contributed by atoms with van der Waals surface area (Å²) in [7, 11) is 0. The minimum Gasteiger partial charge on any atom is -0.349 e. The number of amides is 1. The monoisotopic (exact) mass is 354 g/mol. The molecule has 0 fully saturated rings. The van der Waals surface area contributed by atoms with Crippen LogP contribution in [0.4, 0.5) is 0 Å². The number of hydrogen-bond acceptors (Lipinski definition) is 4. The third kappa shape index (κ3) is 3.32. The first-order chi connectivity index (χ1) is 11.8. The Morgan fingerprint density at radius 3 is 2.96 bits per heavy atom. The summed E-state index contributed by atoms with van der Waals surface area (Å²) in [5.74, 6) is 0.499. The summed E-state index contributed by atoms with van der Waals surface area (Å²) >= 11 is 3.17. The van der Waals surface area contributed by atoms with E-state index in [0.29, 0.717) is 5.75 Å². The first-order valence-electron chi connectivity index (χ1n) is 8.15. The average Bonchev–Trinajstić information content (AvgIpc) is 3.03. The van der Waals surface area contributed by atoms with E-state index in [1.54, 1.807) is 11.3 Å². The Balaban J connectivity index is 1.39.